The van der Waals surface area contributed by atoms with Gasteiger partial charge in [-0.1, -0.05) is 60.2 Å². The van der Waals surface area contributed by atoms with Gasteiger partial charge < -0.3 is 14.6 Å². The van der Waals surface area contributed by atoms with Crippen molar-refractivity contribution < 1.29 is 19.4 Å². The van der Waals surface area contributed by atoms with Crippen molar-refractivity contribution in [2.45, 2.75) is 25.8 Å². The number of carboxylic acid groups (broad SMARTS) is 1. The summed E-state index contributed by atoms with van der Waals surface area (Å²) < 4.78 is 12.8. The summed E-state index contributed by atoms with van der Waals surface area (Å²) in [6.45, 7) is 2.74. The molecule has 0 bridgehead atoms. The first-order valence-corrected chi connectivity index (χ1v) is 10.9. The van der Waals surface area contributed by atoms with E-state index in [0.29, 0.717) is 24.5 Å². The van der Waals surface area contributed by atoms with E-state index in [4.69, 9.17) is 14.6 Å². The van der Waals surface area contributed by atoms with Crippen LogP contribution >= 0.6 is 0 Å². The van der Waals surface area contributed by atoms with Gasteiger partial charge in [0.25, 0.3) is 0 Å². The average Bonchev–Trinajstić information content (AvgIpc) is 3.44. The quantitative estimate of drug-likeness (QED) is 0.436. The van der Waals surface area contributed by atoms with Crippen molar-refractivity contribution in [2.24, 2.45) is 0 Å². The number of nitrogens with zero attached hydrogens (tertiary/aromatic N) is 2. The molecule has 0 amide bonds. The third-order valence-corrected chi connectivity index (χ3v) is 5.86. The molecule has 6 nitrogen and oxygen atoms in total. The topological polar surface area (TPSA) is 73.6 Å². The van der Waals surface area contributed by atoms with Crippen LogP contribution in [0.1, 0.15) is 28.3 Å². The van der Waals surface area contributed by atoms with Crippen LogP contribution in [0.3, 0.4) is 0 Å². The SMILES string of the molecule is Cc1cccc(C(Cc2cc(-c3ccc4c(c3)OCO4)nn2Cc2ccccc2)C(=O)O)c1. The number of rotatable bonds is 7. The Kier molecular flexibility index (Phi) is 5.57. The molecule has 1 unspecified atom stereocenters. The van der Waals surface area contributed by atoms with Crippen LogP contribution in [0.2, 0.25) is 0 Å². The van der Waals surface area contributed by atoms with Gasteiger partial charge in [0.1, 0.15) is 0 Å². The molecular weight excluding hydrogens is 416 g/mol. The predicted octanol–water partition coefficient (Wildman–Crippen LogP) is 5.05. The third kappa shape index (κ3) is 4.46. The van der Waals surface area contributed by atoms with E-state index in [0.717, 1.165) is 33.6 Å². The molecule has 0 spiro atoms. The van der Waals surface area contributed by atoms with E-state index in [9.17, 15) is 9.90 Å². The summed E-state index contributed by atoms with van der Waals surface area (Å²) in [5.74, 6) is -0.110. The molecule has 0 saturated heterocycles. The van der Waals surface area contributed by atoms with Crippen LogP contribution in [-0.4, -0.2) is 27.6 Å². The molecule has 0 radical (unpaired) electrons. The van der Waals surface area contributed by atoms with Crippen LogP contribution in [0.25, 0.3) is 11.3 Å². The molecule has 1 aliphatic rings. The van der Waals surface area contributed by atoms with Crippen LogP contribution in [-0.2, 0) is 17.8 Å². The number of ether oxygens (including phenoxy) is 2. The highest BCUT2D eigenvalue weighted by atomic mass is 16.7. The van der Waals surface area contributed by atoms with Crippen molar-refractivity contribution in [1.29, 1.82) is 0 Å². The van der Waals surface area contributed by atoms with E-state index in [1.807, 2.05) is 90.5 Å². The molecule has 1 N–H and O–H groups in total. The Morgan fingerprint density at radius 2 is 1.82 bits per heavy atom. The zero-order valence-electron chi connectivity index (χ0n) is 18.3. The first-order valence-electron chi connectivity index (χ1n) is 10.9. The fourth-order valence-electron chi connectivity index (χ4n) is 4.15. The Morgan fingerprint density at radius 1 is 1.00 bits per heavy atom. The van der Waals surface area contributed by atoms with Crippen LogP contribution in [0, 0.1) is 6.92 Å². The summed E-state index contributed by atoms with van der Waals surface area (Å²) >= 11 is 0. The lowest BCUT2D eigenvalue weighted by atomic mass is 9.93. The fourth-order valence-corrected chi connectivity index (χ4v) is 4.15. The number of fused-ring (bicyclic) bond motifs is 1. The van der Waals surface area contributed by atoms with E-state index >= 15 is 0 Å². The van der Waals surface area contributed by atoms with Gasteiger partial charge in [-0.3, -0.25) is 9.48 Å². The molecule has 4 aromatic rings. The number of aliphatic carboxylic acids is 1. The van der Waals surface area contributed by atoms with E-state index in [1.54, 1.807) is 0 Å². The van der Waals surface area contributed by atoms with Gasteiger partial charge in [0.15, 0.2) is 11.5 Å². The van der Waals surface area contributed by atoms with E-state index in [-0.39, 0.29) is 6.79 Å². The van der Waals surface area contributed by atoms with Crippen molar-refractivity contribution in [3.8, 4) is 22.8 Å². The summed E-state index contributed by atoms with van der Waals surface area (Å²) in [4.78, 5) is 12.2. The predicted molar refractivity (Wildman–Crippen MR) is 125 cm³/mol. The summed E-state index contributed by atoms with van der Waals surface area (Å²) in [6.07, 6.45) is 0.336. The Bertz CT molecular complexity index is 1300. The van der Waals surface area contributed by atoms with E-state index in [2.05, 4.69) is 0 Å². The van der Waals surface area contributed by atoms with E-state index in [1.165, 1.54) is 0 Å². The molecule has 0 aliphatic carbocycles. The van der Waals surface area contributed by atoms with Crippen molar-refractivity contribution >= 4 is 5.97 Å². The summed E-state index contributed by atoms with van der Waals surface area (Å²) in [7, 11) is 0. The van der Waals surface area contributed by atoms with Gasteiger partial charge in [-0.15, -0.1) is 0 Å². The molecule has 6 heteroatoms. The molecule has 1 aliphatic heterocycles. The van der Waals surface area contributed by atoms with Crippen LogP contribution in [0.4, 0.5) is 0 Å². The molecule has 5 rings (SSSR count). The maximum Gasteiger partial charge on any atom is 0.311 e. The maximum absolute atomic E-state index is 12.2. The molecule has 3 aromatic carbocycles. The molecule has 2 heterocycles. The van der Waals surface area contributed by atoms with Gasteiger partial charge in [-0.25, -0.2) is 0 Å². The van der Waals surface area contributed by atoms with Crippen molar-refractivity contribution in [3.05, 3.63) is 101 Å². The molecule has 1 atom stereocenters. The number of carboxylic acids is 1. The average molecular weight is 440 g/mol. The maximum atomic E-state index is 12.2. The van der Waals surface area contributed by atoms with Gasteiger partial charge in [0.05, 0.1) is 18.2 Å². The highest BCUT2D eigenvalue weighted by molar-refractivity contribution is 5.76. The second-order valence-electron chi connectivity index (χ2n) is 8.24. The van der Waals surface area contributed by atoms with E-state index < -0.39 is 11.9 Å². The van der Waals surface area contributed by atoms with Crippen molar-refractivity contribution in [1.82, 2.24) is 9.78 Å². The number of aromatic nitrogens is 2. The van der Waals surface area contributed by atoms with Gasteiger partial charge in [0, 0.05) is 17.7 Å². The second kappa shape index (κ2) is 8.82. The Hall–Kier alpha value is -4.06. The molecule has 166 valence electrons. The van der Waals surface area contributed by atoms with Gasteiger partial charge in [-0.05, 0) is 42.3 Å². The molecule has 1 aromatic heterocycles. The summed E-state index contributed by atoms with van der Waals surface area (Å²) in [5.41, 5.74) is 5.46. The Morgan fingerprint density at radius 3 is 2.61 bits per heavy atom. The van der Waals surface area contributed by atoms with Crippen LogP contribution < -0.4 is 9.47 Å². The number of hydrogen-bond donors (Lipinski definition) is 1. The Balaban J connectivity index is 1.53. The van der Waals surface area contributed by atoms with Gasteiger partial charge in [-0.2, -0.15) is 5.10 Å². The highest BCUT2D eigenvalue weighted by Crippen LogP contribution is 2.36. The lowest BCUT2D eigenvalue weighted by Crippen LogP contribution is -2.17. The van der Waals surface area contributed by atoms with Crippen molar-refractivity contribution in [3.63, 3.8) is 0 Å². The normalized spacial score (nSPS) is 13.1. The minimum Gasteiger partial charge on any atom is -0.481 e. The Labute approximate surface area is 192 Å². The number of carbonyl (C=O) groups is 1. The summed E-state index contributed by atoms with van der Waals surface area (Å²) in [5, 5.41) is 14.9. The monoisotopic (exact) mass is 440 g/mol. The lowest BCUT2D eigenvalue weighted by Gasteiger charge is -2.15. The van der Waals surface area contributed by atoms with Crippen LogP contribution in [0.5, 0.6) is 11.5 Å². The first-order chi connectivity index (χ1) is 16.1. The molecule has 33 heavy (non-hydrogen) atoms. The minimum absolute atomic E-state index is 0.212. The first kappa shape index (κ1) is 20.8. The molecule has 0 fully saturated rings. The minimum atomic E-state index is -0.849. The standard InChI is InChI=1S/C27H24N2O4/c1-18-6-5-9-20(12-18)23(27(30)31)14-22-15-24(21-10-11-25-26(13-21)33-17-32-25)28-29(22)16-19-7-3-2-4-8-19/h2-13,15,23H,14,16-17H2,1H3,(H,30,31). The lowest BCUT2D eigenvalue weighted by molar-refractivity contribution is -0.138. The zero-order valence-corrected chi connectivity index (χ0v) is 18.3. The number of aryl methyl sites for hydroxylation is 1. The second-order valence-corrected chi connectivity index (χ2v) is 8.24. The highest BCUT2D eigenvalue weighted by Gasteiger charge is 2.24. The molecule has 0 saturated carbocycles. The molecular formula is C27H24N2O4. The summed E-state index contributed by atoms with van der Waals surface area (Å²) in [6, 6.07) is 25.4. The zero-order chi connectivity index (χ0) is 22.8. The van der Waals surface area contributed by atoms with Gasteiger partial charge >= 0.3 is 5.97 Å². The smallest absolute Gasteiger partial charge is 0.311 e. The van der Waals surface area contributed by atoms with Crippen molar-refractivity contribution in [2.75, 3.05) is 6.79 Å². The number of hydrogen-bond acceptors (Lipinski definition) is 4. The largest absolute Gasteiger partial charge is 0.481 e. The van der Waals surface area contributed by atoms with Crippen LogP contribution in [0.15, 0.2) is 78.9 Å². The van der Waals surface area contributed by atoms with Gasteiger partial charge in [0.2, 0.25) is 6.79 Å². The number of benzene rings is 3. The third-order valence-electron chi connectivity index (χ3n) is 5.86. The fraction of sp³-hybridized carbons (Fsp3) is 0.185.